The minimum Gasteiger partial charge on any atom is -0.467 e. The van der Waals surface area contributed by atoms with Crippen LogP contribution in [0.2, 0.25) is 0 Å². The predicted octanol–water partition coefficient (Wildman–Crippen LogP) is 1.53. The van der Waals surface area contributed by atoms with Crippen LogP contribution in [-0.4, -0.2) is 22.7 Å². The highest BCUT2D eigenvalue weighted by atomic mass is 16.3. The number of nitrogens with zero attached hydrogens (tertiary/aromatic N) is 1. The van der Waals surface area contributed by atoms with Gasteiger partial charge in [0, 0.05) is 0 Å². The van der Waals surface area contributed by atoms with E-state index in [4.69, 9.17) is 8.83 Å². The fourth-order valence-corrected chi connectivity index (χ4v) is 1.91. The highest BCUT2D eigenvalue weighted by Crippen LogP contribution is 2.17. The maximum atomic E-state index is 12.3. The van der Waals surface area contributed by atoms with E-state index in [0.29, 0.717) is 11.5 Å². The van der Waals surface area contributed by atoms with Crippen LogP contribution in [0.4, 0.5) is 4.79 Å². The summed E-state index contributed by atoms with van der Waals surface area (Å²) in [6.07, 6.45) is 4.15. The first-order valence-electron chi connectivity index (χ1n) is 6.10. The summed E-state index contributed by atoms with van der Waals surface area (Å²) in [5.41, 5.74) is -0.170. The number of barbiturate groups is 1. The molecule has 0 aromatic carbocycles. The minimum atomic E-state index is -0.780. The average molecular weight is 286 g/mol. The van der Waals surface area contributed by atoms with Crippen LogP contribution in [0, 0.1) is 0 Å². The number of hydrogen-bond acceptors (Lipinski definition) is 5. The number of urea groups is 1. The third-order valence-electron chi connectivity index (χ3n) is 2.91. The van der Waals surface area contributed by atoms with Crippen LogP contribution in [0.15, 0.2) is 51.2 Å². The van der Waals surface area contributed by atoms with Crippen LogP contribution in [-0.2, 0) is 16.1 Å². The summed E-state index contributed by atoms with van der Waals surface area (Å²) in [5.74, 6) is -0.667. The summed E-state index contributed by atoms with van der Waals surface area (Å²) < 4.78 is 10.2. The molecule has 21 heavy (non-hydrogen) atoms. The number of carbonyl (C=O) groups is 3. The van der Waals surface area contributed by atoms with Gasteiger partial charge < -0.3 is 8.83 Å². The summed E-state index contributed by atoms with van der Waals surface area (Å²) >= 11 is 0. The molecular formula is C14H10N2O5. The molecule has 0 spiro atoms. The second-order valence-corrected chi connectivity index (χ2v) is 4.30. The molecule has 0 radical (unpaired) electrons. The Morgan fingerprint density at radius 2 is 1.86 bits per heavy atom. The zero-order valence-corrected chi connectivity index (χ0v) is 10.7. The van der Waals surface area contributed by atoms with Gasteiger partial charge >= 0.3 is 6.03 Å². The van der Waals surface area contributed by atoms with Gasteiger partial charge in [-0.25, -0.2) is 4.79 Å². The third kappa shape index (κ3) is 2.48. The molecule has 1 aliphatic rings. The minimum absolute atomic E-state index is 0.0551. The molecular weight excluding hydrogens is 276 g/mol. The van der Waals surface area contributed by atoms with E-state index in [2.05, 4.69) is 5.32 Å². The van der Waals surface area contributed by atoms with Crippen molar-refractivity contribution in [1.29, 1.82) is 0 Å². The second kappa shape index (κ2) is 5.12. The van der Waals surface area contributed by atoms with Crippen molar-refractivity contribution in [2.75, 3.05) is 0 Å². The van der Waals surface area contributed by atoms with Crippen LogP contribution >= 0.6 is 0 Å². The molecule has 1 fully saturated rings. The Hall–Kier alpha value is -3.09. The van der Waals surface area contributed by atoms with E-state index < -0.39 is 17.8 Å². The van der Waals surface area contributed by atoms with E-state index in [0.717, 1.165) is 4.90 Å². The average Bonchev–Trinajstić information content (AvgIpc) is 3.13. The summed E-state index contributed by atoms with van der Waals surface area (Å²) in [7, 11) is 0. The smallest absolute Gasteiger partial charge is 0.331 e. The van der Waals surface area contributed by atoms with Gasteiger partial charge in [-0.1, -0.05) is 0 Å². The van der Waals surface area contributed by atoms with Crippen molar-refractivity contribution in [3.8, 4) is 0 Å². The van der Waals surface area contributed by atoms with Gasteiger partial charge in [-0.2, -0.15) is 0 Å². The lowest BCUT2D eigenvalue weighted by Crippen LogP contribution is -2.53. The molecule has 0 aliphatic carbocycles. The van der Waals surface area contributed by atoms with Crippen molar-refractivity contribution in [2.24, 2.45) is 0 Å². The molecule has 0 saturated carbocycles. The first-order valence-corrected chi connectivity index (χ1v) is 6.10. The van der Waals surface area contributed by atoms with Gasteiger partial charge in [-0.15, -0.1) is 0 Å². The molecule has 2 aromatic rings. The summed E-state index contributed by atoms with van der Waals surface area (Å²) in [6.45, 7) is -0.0551. The Bertz CT molecular complexity index is 713. The second-order valence-electron chi connectivity index (χ2n) is 4.30. The molecule has 2 aromatic heterocycles. The van der Waals surface area contributed by atoms with Gasteiger partial charge in [0.1, 0.15) is 17.1 Å². The first kappa shape index (κ1) is 12.9. The van der Waals surface area contributed by atoms with Crippen LogP contribution in [0.1, 0.15) is 11.5 Å². The quantitative estimate of drug-likeness (QED) is 0.682. The molecule has 3 rings (SSSR count). The fourth-order valence-electron chi connectivity index (χ4n) is 1.91. The van der Waals surface area contributed by atoms with E-state index in [-0.39, 0.29) is 12.1 Å². The van der Waals surface area contributed by atoms with Gasteiger partial charge in [-0.3, -0.25) is 19.8 Å². The van der Waals surface area contributed by atoms with Crippen molar-refractivity contribution in [3.05, 3.63) is 53.9 Å². The number of carbonyl (C=O) groups excluding carboxylic acids is 3. The Balaban J connectivity index is 1.90. The van der Waals surface area contributed by atoms with Gasteiger partial charge in [0.15, 0.2) is 0 Å². The Morgan fingerprint density at radius 3 is 2.52 bits per heavy atom. The van der Waals surface area contributed by atoms with E-state index in [9.17, 15) is 14.4 Å². The number of rotatable bonds is 3. The van der Waals surface area contributed by atoms with E-state index >= 15 is 0 Å². The third-order valence-corrected chi connectivity index (χ3v) is 2.91. The molecule has 1 saturated heterocycles. The Morgan fingerprint density at radius 1 is 1.10 bits per heavy atom. The maximum Gasteiger partial charge on any atom is 0.331 e. The molecule has 0 atom stereocenters. The molecule has 7 heteroatoms. The van der Waals surface area contributed by atoms with Gasteiger partial charge in [0.2, 0.25) is 0 Å². The summed E-state index contributed by atoms with van der Waals surface area (Å²) in [5, 5.41) is 2.11. The van der Waals surface area contributed by atoms with Gasteiger partial charge in [-0.05, 0) is 30.3 Å². The molecule has 0 bridgehead atoms. The zero-order chi connectivity index (χ0) is 14.8. The number of imide groups is 2. The molecule has 1 N–H and O–H groups in total. The molecule has 1 aliphatic heterocycles. The number of hydrogen-bond donors (Lipinski definition) is 1. The van der Waals surface area contributed by atoms with Crippen LogP contribution in [0.5, 0.6) is 0 Å². The summed E-state index contributed by atoms with van der Waals surface area (Å²) in [6, 6.07) is 5.72. The van der Waals surface area contributed by atoms with E-state index in [1.165, 1.54) is 18.6 Å². The monoisotopic (exact) mass is 286 g/mol. The predicted molar refractivity (Wildman–Crippen MR) is 69.5 cm³/mol. The maximum absolute atomic E-state index is 12.3. The van der Waals surface area contributed by atoms with Crippen molar-refractivity contribution >= 4 is 23.9 Å². The number of nitrogens with one attached hydrogen (secondary N) is 1. The highest BCUT2D eigenvalue weighted by molar-refractivity contribution is 6.30. The lowest BCUT2D eigenvalue weighted by Gasteiger charge is -2.25. The topological polar surface area (TPSA) is 92.8 Å². The zero-order valence-electron chi connectivity index (χ0n) is 10.7. The lowest BCUT2D eigenvalue weighted by atomic mass is 10.1. The van der Waals surface area contributed by atoms with E-state index in [1.807, 2.05) is 0 Å². The van der Waals surface area contributed by atoms with Crippen molar-refractivity contribution < 1.29 is 23.2 Å². The van der Waals surface area contributed by atoms with Crippen molar-refractivity contribution in [3.63, 3.8) is 0 Å². The molecule has 7 nitrogen and oxygen atoms in total. The molecule has 3 heterocycles. The van der Waals surface area contributed by atoms with Gasteiger partial charge in [0.05, 0.1) is 19.1 Å². The molecule has 0 unspecified atom stereocenters. The van der Waals surface area contributed by atoms with Crippen molar-refractivity contribution in [1.82, 2.24) is 10.2 Å². The molecule has 106 valence electrons. The number of furan rings is 2. The normalized spacial score (nSPS) is 17.4. The first-order chi connectivity index (χ1) is 10.1. The largest absolute Gasteiger partial charge is 0.467 e. The molecule has 4 amide bonds. The summed E-state index contributed by atoms with van der Waals surface area (Å²) in [4.78, 5) is 36.7. The van der Waals surface area contributed by atoms with Crippen molar-refractivity contribution in [2.45, 2.75) is 6.54 Å². The number of amides is 4. The van der Waals surface area contributed by atoms with Gasteiger partial charge in [0.25, 0.3) is 11.8 Å². The fraction of sp³-hybridized carbons (Fsp3) is 0.0714. The van der Waals surface area contributed by atoms with Crippen LogP contribution in [0.3, 0.4) is 0 Å². The Labute approximate surface area is 118 Å². The van der Waals surface area contributed by atoms with Crippen LogP contribution < -0.4 is 5.32 Å². The van der Waals surface area contributed by atoms with E-state index in [1.54, 1.807) is 24.3 Å². The van der Waals surface area contributed by atoms with Crippen LogP contribution in [0.25, 0.3) is 6.08 Å². The standard InChI is InChI=1S/C14H10N2O5/c17-12-11(7-9-3-1-5-20-9)13(18)16(14(19)15-12)8-10-4-2-6-21-10/h1-7H,8H2,(H,15,17,19)/b11-7+. The highest BCUT2D eigenvalue weighted by Gasteiger charge is 2.36. The Kier molecular flexibility index (Phi) is 3.15. The SMILES string of the molecule is O=C1NC(=O)N(Cc2ccco2)C(=O)/C1=C/c1ccco1. The lowest BCUT2D eigenvalue weighted by molar-refractivity contribution is -0.130.